The number of fused-ring (bicyclic) bond motifs is 5. The average Bonchev–Trinajstić information content (AvgIpc) is 3.65. The van der Waals surface area contributed by atoms with Gasteiger partial charge >= 0.3 is 0 Å². The van der Waals surface area contributed by atoms with E-state index >= 15 is 0 Å². The zero-order valence-electron chi connectivity index (χ0n) is 24.7. The highest BCUT2D eigenvalue weighted by Crippen LogP contribution is 2.40. The number of hydrogen-bond acceptors (Lipinski definition) is 4. The maximum Gasteiger partial charge on any atom is 0.160 e. The highest BCUT2D eigenvalue weighted by atomic mass is 15.1. The number of rotatable bonds is 5. The van der Waals surface area contributed by atoms with Gasteiger partial charge < -0.3 is 4.57 Å². The standard InChI is InChI=1S/C40H26N6/c1-4-14-27(15-5-1)32-24-33(44-40(43-32)28-16-6-2-7-17-28)34-25-42-37(26-41-34)46-36-23-13-11-21-31(36)38-39(46)30-20-10-12-22-35(30)45(38)29-18-8-3-9-19-29/h1-26H. The van der Waals surface area contributed by atoms with Crippen molar-refractivity contribution in [3.05, 3.63) is 158 Å². The molecule has 0 spiro atoms. The van der Waals surface area contributed by atoms with E-state index < -0.39 is 0 Å². The lowest BCUT2D eigenvalue weighted by Gasteiger charge is -2.10. The first-order valence-corrected chi connectivity index (χ1v) is 15.2. The Bertz CT molecular complexity index is 2430. The van der Waals surface area contributed by atoms with E-state index in [4.69, 9.17) is 19.9 Å². The molecule has 0 aliphatic carbocycles. The SMILES string of the molecule is c1ccc(-c2cc(-c3cnc(-n4c5ccccc5c5c4c4ccccc4n5-c4ccccc4)cn3)nc(-c3ccccc3)n2)cc1. The Labute approximate surface area is 264 Å². The van der Waals surface area contributed by atoms with Crippen molar-refractivity contribution in [1.82, 2.24) is 29.1 Å². The third kappa shape index (κ3) is 4.19. The van der Waals surface area contributed by atoms with E-state index in [2.05, 4.69) is 100 Å². The summed E-state index contributed by atoms with van der Waals surface area (Å²) in [4.78, 5) is 19.8. The summed E-state index contributed by atoms with van der Waals surface area (Å²) < 4.78 is 4.58. The summed E-state index contributed by atoms with van der Waals surface area (Å²) in [6.07, 6.45) is 3.67. The van der Waals surface area contributed by atoms with Crippen LogP contribution in [0.4, 0.5) is 0 Å². The lowest BCUT2D eigenvalue weighted by molar-refractivity contribution is 1.04. The third-order valence-corrected chi connectivity index (χ3v) is 8.44. The van der Waals surface area contributed by atoms with Crippen LogP contribution in [0, 0.1) is 0 Å². The van der Waals surface area contributed by atoms with Crippen molar-refractivity contribution in [2.24, 2.45) is 0 Å². The van der Waals surface area contributed by atoms with Crippen LogP contribution in [0.3, 0.4) is 0 Å². The summed E-state index contributed by atoms with van der Waals surface area (Å²) >= 11 is 0. The second-order valence-corrected chi connectivity index (χ2v) is 11.2. The number of para-hydroxylation sites is 3. The van der Waals surface area contributed by atoms with Crippen LogP contribution in [0.5, 0.6) is 0 Å². The predicted molar refractivity (Wildman–Crippen MR) is 185 cm³/mol. The van der Waals surface area contributed by atoms with E-state index in [9.17, 15) is 0 Å². The molecule has 0 fully saturated rings. The maximum atomic E-state index is 5.02. The van der Waals surface area contributed by atoms with Gasteiger partial charge in [0.1, 0.15) is 5.69 Å². The Hall–Kier alpha value is -6.40. The fourth-order valence-electron chi connectivity index (χ4n) is 6.39. The van der Waals surface area contributed by atoms with Gasteiger partial charge in [-0.2, -0.15) is 0 Å². The van der Waals surface area contributed by atoms with Gasteiger partial charge in [0.05, 0.1) is 45.8 Å². The minimum absolute atomic E-state index is 0.648. The van der Waals surface area contributed by atoms with Crippen molar-refractivity contribution in [3.63, 3.8) is 0 Å². The molecule has 6 nitrogen and oxygen atoms in total. The molecule has 216 valence electrons. The first kappa shape index (κ1) is 26.0. The molecule has 0 amide bonds. The van der Waals surface area contributed by atoms with Gasteiger partial charge in [0.2, 0.25) is 0 Å². The highest BCUT2D eigenvalue weighted by Gasteiger charge is 2.22. The topological polar surface area (TPSA) is 61.4 Å². The Balaban J connectivity index is 1.24. The van der Waals surface area contributed by atoms with Crippen molar-refractivity contribution in [2.75, 3.05) is 0 Å². The zero-order valence-corrected chi connectivity index (χ0v) is 24.7. The van der Waals surface area contributed by atoms with Gasteiger partial charge in [0.15, 0.2) is 11.6 Å². The van der Waals surface area contributed by atoms with Crippen LogP contribution in [0.25, 0.3) is 78.4 Å². The Morgan fingerprint density at radius 3 is 1.61 bits per heavy atom. The monoisotopic (exact) mass is 590 g/mol. The molecule has 0 bridgehead atoms. The molecule has 0 saturated carbocycles. The Morgan fingerprint density at radius 2 is 0.957 bits per heavy atom. The van der Waals surface area contributed by atoms with Crippen LogP contribution in [0.15, 0.2) is 158 Å². The van der Waals surface area contributed by atoms with E-state index in [0.29, 0.717) is 11.5 Å². The largest absolute Gasteiger partial charge is 0.307 e. The fraction of sp³-hybridized carbons (Fsp3) is 0. The van der Waals surface area contributed by atoms with Crippen molar-refractivity contribution in [2.45, 2.75) is 0 Å². The normalized spacial score (nSPS) is 11.5. The van der Waals surface area contributed by atoms with Gasteiger partial charge in [-0.3, -0.25) is 4.57 Å². The van der Waals surface area contributed by atoms with Crippen molar-refractivity contribution >= 4 is 32.8 Å². The van der Waals surface area contributed by atoms with Crippen molar-refractivity contribution in [3.8, 4) is 45.5 Å². The molecular formula is C40H26N6. The van der Waals surface area contributed by atoms with Crippen LogP contribution in [0.2, 0.25) is 0 Å². The molecule has 0 atom stereocenters. The predicted octanol–water partition coefficient (Wildman–Crippen LogP) is 9.31. The van der Waals surface area contributed by atoms with Crippen molar-refractivity contribution < 1.29 is 0 Å². The summed E-state index contributed by atoms with van der Waals surface area (Å²) in [5, 5.41) is 2.30. The van der Waals surface area contributed by atoms with Crippen LogP contribution < -0.4 is 0 Å². The van der Waals surface area contributed by atoms with Gasteiger partial charge in [0, 0.05) is 27.6 Å². The first-order valence-electron chi connectivity index (χ1n) is 15.2. The quantitative estimate of drug-likeness (QED) is 0.200. The molecule has 0 N–H and O–H groups in total. The number of nitrogens with zero attached hydrogens (tertiary/aromatic N) is 6. The molecule has 0 unspecified atom stereocenters. The first-order chi connectivity index (χ1) is 22.8. The number of hydrogen-bond donors (Lipinski definition) is 0. The van der Waals surface area contributed by atoms with Gasteiger partial charge in [-0.1, -0.05) is 115 Å². The molecule has 0 aliphatic heterocycles. The average molecular weight is 591 g/mol. The molecule has 0 saturated heterocycles. The molecular weight excluding hydrogens is 564 g/mol. The van der Waals surface area contributed by atoms with Gasteiger partial charge in [0.25, 0.3) is 0 Å². The number of aromatic nitrogens is 6. The lowest BCUT2D eigenvalue weighted by atomic mass is 10.1. The molecule has 4 heterocycles. The minimum Gasteiger partial charge on any atom is -0.307 e. The van der Waals surface area contributed by atoms with E-state index in [-0.39, 0.29) is 0 Å². The second-order valence-electron chi connectivity index (χ2n) is 11.2. The molecule has 0 radical (unpaired) electrons. The van der Waals surface area contributed by atoms with Crippen molar-refractivity contribution in [1.29, 1.82) is 0 Å². The van der Waals surface area contributed by atoms with Crippen LogP contribution in [-0.4, -0.2) is 29.1 Å². The fourth-order valence-corrected chi connectivity index (χ4v) is 6.39. The van der Waals surface area contributed by atoms with Crippen LogP contribution >= 0.6 is 0 Å². The molecule has 6 heteroatoms. The third-order valence-electron chi connectivity index (χ3n) is 8.44. The summed E-state index contributed by atoms with van der Waals surface area (Å²) in [7, 11) is 0. The smallest absolute Gasteiger partial charge is 0.160 e. The summed E-state index contributed by atoms with van der Waals surface area (Å²) in [6, 6.07) is 49.8. The highest BCUT2D eigenvalue weighted by molar-refractivity contribution is 6.19. The second kappa shape index (κ2) is 10.6. The molecule has 9 rings (SSSR count). The Morgan fingerprint density at radius 1 is 0.413 bits per heavy atom. The summed E-state index contributed by atoms with van der Waals surface area (Å²) in [5.41, 5.74) is 9.77. The minimum atomic E-state index is 0.648. The summed E-state index contributed by atoms with van der Waals surface area (Å²) in [5.74, 6) is 1.39. The van der Waals surface area contributed by atoms with E-state index in [0.717, 1.165) is 66.9 Å². The molecule has 5 aromatic carbocycles. The lowest BCUT2D eigenvalue weighted by Crippen LogP contribution is -2.01. The molecule has 4 aromatic heterocycles. The number of benzene rings is 5. The van der Waals surface area contributed by atoms with Crippen LogP contribution in [-0.2, 0) is 0 Å². The van der Waals surface area contributed by atoms with E-state index in [1.165, 1.54) is 0 Å². The van der Waals surface area contributed by atoms with Gasteiger partial charge in [-0.05, 0) is 30.3 Å². The molecule has 46 heavy (non-hydrogen) atoms. The Kier molecular flexibility index (Phi) is 6.03. The van der Waals surface area contributed by atoms with E-state index in [1.807, 2.05) is 67.0 Å². The van der Waals surface area contributed by atoms with Crippen LogP contribution in [0.1, 0.15) is 0 Å². The maximum absolute atomic E-state index is 5.02. The molecule has 9 aromatic rings. The summed E-state index contributed by atoms with van der Waals surface area (Å²) in [6.45, 7) is 0. The van der Waals surface area contributed by atoms with Gasteiger partial charge in [-0.15, -0.1) is 0 Å². The van der Waals surface area contributed by atoms with E-state index in [1.54, 1.807) is 0 Å². The molecule has 0 aliphatic rings. The van der Waals surface area contributed by atoms with Gasteiger partial charge in [-0.25, -0.2) is 19.9 Å². The zero-order chi connectivity index (χ0) is 30.5.